The quantitative estimate of drug-likeness (QED) is 0.427. The van der Waals surface area contributed by atoms with Gasteiger partial charge in [-0.1, -0.05) is 33.1 Å². The lowest BCUT2D eigenvalue weighted by Crippen LogP contribution is -2.45. The number of aliphatic imine (C=N–C) groups is 1. The smallest absolute Gasteiger partial charge is 0.191 e. The topological polar surface area (TPSA) is 65.9 Å². The molecule has 3 N–H and O–H groups in total. The van der Waals surface area contributed by atoms with E-state index in [1.54, 1.807) is 0 Å². The predicted molar refractivity (Wildman–Crippen MR) is 92.2 cm³/mol. The minimum atomic E-state index is 0.0543. The van der Waals surface area contributed by atoms with Crippen molar-refractivity contribution >= 4 is 5.96 Å². The number of hydrogen-bond donors (Lipinski definition) is 3. The summed E-state index contributed by atoms with van der Waals surface area (Å²) < 4.78 is 5.53. The first kappa shape index (κ1) is 19.2. The summed E-state index contributed by atoms with van der Waals surface area (Å²) in [4.78, 5) is 4.32. The molecule has 2 atom stereocenters. The van der Waals surface area contributed by atoms with Gasteiger partial charge < -0.3 is 20.5 Å². The van der Waals surface area contributed by atoms with E-state index in [2.05, 4.69) is 29.5 Å². The average Bonchev–Trinajstić information content (AvgIpc) is 2.99. The number of guanidine groups is 1. The zero-order chi connectivity index (χ0) is 16.3. The molecule has 0 aromatic carbocycles. The molecule has 2 unspecified atom stereocenters. The fraction of sp³-hybridized carbons (Fsp3) is 0.941. The number of rotatable bonds is 10. The Balaban J connectivity index is 2.38. The molecule has 0 saturated carbocycles. The Morgan fingerprint density at radius 1 is 1.36 bits per heavy atom. The Hall–Kier alpha value is -0.810. The van der Waals surface area contributed by atoms with Crippen molar-refractivity contribution in [1.82, 2.24) is 10.6 Å². The van der Waals surface area contributed by atoms with Gasteiger partial charge in [0.25, 0.3) is 0 Å². The molecular formula is C17H35N3O2. The van der Waals surface area contributed by atoms with Gasteiger partial charge in [-0.3, -0.25) is 4.99 Å². The van der Waals surface area contributed by atoms with Gasteiger partial charge in [0, 0.05) is 38.8 Å². The van der Waals surface area contributed by atoms with E-state index >= 15 is 0 Å². The molecule has 1 saturated heterocycles. The second kappa shape index (κ2) is 10.8. The third-order valence-electron chi connectivity index (χ3n) is 4.78. The standard InChI is InChI=1S/C17H35N3O2/c1-4-6-7-15(5-2)12-19-16(18-3)20-13-17(8-10-21)9-11-22-14-17/h15,21H,4-14H2,1-3H3,(H2,18,19,20). The molecule has 1 fully saturated rings. The fourth-order valence-corrected chi connectivity index (χ4v) is 2.99. The first-order valence-electron chi connectivity index (χ1n) is 8.82. The zero-order valence-corrected chi connectivity index (χ0v) is 14.7. The predicted octanol–water partition coefficient (Wildman–Crippen LogP) is 2.16. The van der Waals surface area contributed by atoms with Crippen LogP contribution >= 0.6 is 0 Å². The Labute approximate surface area is 135 Å². The van der Waals surface area contributed by atoms with Gasteiger partial charge in [-0.25, -0.2) is 0 Å². The Kier molecular flexibility index (Phi) is 9.48. The number of nitrogens with zero attached hydrogens (tertiary/aromatic N) is 1. The largest absolute Gasteiger partial charge is 0.396 e. The van der Waals surface area contributed by atoms with E-state index in [1.165, 1.54) is 25.7 Å². The van der Waals surface area contributed by atoms with E-state index in [-0.39, 0.29) is 12.0 Å². The maximum absolute atomic E-state index is 9.28. The summed E-state index contributed by atoms with van der Waals surface area (Å²) in [5.41, 5.74) is 0.0543. The molecule has 0 spiro atoms. The SMILES string of the molecule is CCCCC(CC)CNC(=NC)NCC1(CCO)CCOC1. The van der Waals surface area contributed by atoms with Crippen molar-refractivity contribution in [3.05, 3.63) is 0 Å². The van der Waals surface area contributed by atoms with Crippen LogP contribution in [0.15, 0.2) is 4.99 Å². The lowest BCUT2D eigenvalue weighted by atomic mass is 9.84. The van der Waals surface area contributed by atoms with E-state index in [9.17, 15) is 5.11 Å². The number of unbranched alkanes of at least 4 members (excludes halogenated alkanes) is 1. The molecule has 22 heavy (non-hydrogen) atoms. The van der Waals surface area contributed by atoms with Crippen LogP contribution in [0.4, 0.5) is 0 Å². The molecule has 5 nitrogen and oxygen atoms in total. The van der Waals surface area contributed by atoms with Crippen LogP contribution < -0.4 is 10.6 Å². The molecule has 0 radical (unpaired) electrons. The number of aliphatic hydroxyl groups is 1. The lowest BCUT2D eigenvalue weighted by Gasteiger charge is -2.28. The summed E-state index contributed by atoms with van der Waals surface area (Å²) in [7, 11) is 1.81. The third kappa shape index (κ3) is 6.53. The van der Waals surface area contributed by atoms with Gasteiger partial charge in [0.15, 0.2) is 5.96 Å². The Morgan fingerprint density at radius 2 is 2.18 bits per heavy atom. The number of hydrogen-bond acceptors (Lipinski definition) is 3. The highest BCUT2D eigenvalue weighted by Gasteiger charge is 2.34. The number of ether oxygens (including phenoxy) is 1. The molecule has 130 valence electrons. The molecule has 1 aliphatic rings. The summed E-state index contributed by atoms with van der Waals surface area (Å²) >= 11 is 0. The third-order valence-corrected chi connectivity index (χ3v) is 4.78. The fourth-order valence-electron chi connectivity index (χ4n) is 2.99. The summed E-state index contributed by atoms with van der Waals surface area (Å²) in [5, 5.41) is 16.1. The molecule has 1 aliphatic heterocycles. The van der Waals surface area contributed by atoms with Gasteiger partial charge in [-0.15, -0.1) is 0 Å². The summed E-state index contributed by atoms with van der Waals surface area (Å²) in [5.74, 6) is 1.57. The molecule has 1 rings (SSSR count). The van der Waals surface area contributed by atoms with Crippen molar-refractivity contribution < 1.29 is 9.84 Å². The van der Waals surface area contributed by atoms with Gasteiger partial charge in [0.1, 0.15) is 0 Å². The van der Waals surface area contributed by atoms with Crippen LogP contribution in [0.25, 0.3) is 0 Å². The van der Waals surface area contributed by atoms with Crippen molar-refractivity contribution in [3.8, 4) is 0 Å². The molecular weight excluding hydrogens is 278 g/mol. The maximum atomic E-state index is 9.28. The average molecular weight is 313 g/mol. The summed E-state index contributed by atoms with van der Waals surface area (Å²) in [6.07, 6.45) is 6.82. The van der Waals surface area contributed by atoms with Crippen LogP contribution in [-0.4, -0.2) is 51.0 Å². The number of nitrogens with one attached hydrogen (secondary N) is 2. The highest BCUT2D eigenvalue weighted by molar-refractivity contribution is 5.79. The molecule has 0 bridgehead atoms. The van der Waals surface area contributed by atoms with Gasteiger partial charge in [-0.2, -0.15) is 0 Å². The van der Waals surface area contributed by atoms with E-state index < -0.39 is 0 Å². The van der Waals surface area contributed by atoms with Crippen LogP contribution in [0, 0.1) is 11.3 Å². The summed E-state index contributed by atoms with van der Waals surface area (Å²) in [6, 6.07) is 0. The normalized spacial score (nSPS) is 23.5. The van der Waals surface area contributed by atoms with Gasteiger partial charge in [0.05, 0.1) is 6.61 Å². The zero-order valence-electron chi connectivity index (χ0n) is 14.7. The Morgan fingerprint density at radius 3 is 2.73 bits per heavy atom. The maximum Gasteiger partial charge on any atom is 0.191 e. The summed E-state index contributed by atoms with van der Waals surface area (Å²) in [6.45, 7) is 8.01. The molecule has 0 aromatic rings. The monoisotopic (exact) mass is 313 g/mol. The molecule has 0 amide bonds. The van der Waals surface area contributed by atoms with Crippen LogP contribution in [0.1, 0.15) is 52.4 Å². The van der Waals surface area contributed by atoms with Crippen molar-refractivity contribution in [1.29, 1.82) is 0 Å². The van der Waals surface area contributed by atoms with Gasteiger partial charge in [0.2, 0.25) is 0 Å². The highest BCUT2D eigenvalue weighted by Crippen LogP contribution is 2.31. The van der Waals surface area contributed by atoms with Gasteiger partial charge >= 0.3 is 0 Å². The first-order chi connectivity index (χ1) is 10.7. The number of aliphatic hydroxyl groups excluding tert-OH is 1. The van der Waals surface area contributed by atoms with Crippen molar-refractivity contribution in [2.24, 2.45) is 16.3 Å². The highest BCUT2D eigenvalue weighted by atomic mass is 16.5. The first-order valence-corrected chi connectivity index (χ1v) is 8.82. The van der Waals surface area contributed by atoms with Crippen LogP contribution in [-0.2, 0) is 4.74 Å². The van der Waals surface area contributed by atoms with Crippen LogP contribution in [0.5, 0.6) is 0 Å². The Bertz CT molecular complexity index is 315. The molecule has 5 heteroatoms. The van der Waals surface area contributed by atoms with Gasteiger partial charge in [-0.05, 0) is 25.2 Å². The second-order valence-corrected chi connectivity index (χ2v) is 6.50. The van der Waals surface area contributed by atoms with E-state index in [0.29, 0.717) is 5.92 Å². The van der Waals surface area contributed by atoms with Crippen molar-refractivity contribution in [3.63, 3.8) is 0 Å². The van der Waals surface area contributed by atoms with E-state index in [1.807, 2.05) is 7.05 Å². The molecule has 0 aliphatic carbocycles. The van der Waals surface area contributed by atoms with Crippen molar-refractivity contribution in [2.45, 2.75) is 52.4 Å². The second-order valence-electron chi connectivity index (χ2n) is 6.50. The lowest BCUT2D eigenvalue weighted by molar-refractivity contribution is 0.127. The van der Waals surface area contributed by atoms with E-state index in [4.69, 9.17) is 4.74 Å². The van der Waals surface area contributed by atoms with E-state index in [0.717, 1.165) is 45.1 Å². The van der Waals surface area contributed by atoms with Crippen LogP contribution in [0.3, 0.4) is 0 Å². The molecule has 1 heterocycles. The minimum absolute atomic E-state index is 0.0543. The minimum Gasteiger partial charge on any atom is -0.396 e. The van der Waals surface area contributed by atoms with Crippen molar-refractivity contribution in [2.75, 3.05) is 40.0 Å². The molecule has 0 aromatic heterocycles. The van der Waals surface area contributed by atoms with Crippen LogP contribution in [0.2, 0.25) is 0 Å².